The molecule has 0 aliphatic heterocycles. The molecule has 14 heteroatoms. The van der Waals surface area contributed by atoms with Crippen LogP contribution in [0.3, 0.4) is 0 Å². The molecule has 0 unspecified atom stereocenters. The molecule has 0 aliphatic rings. The Morgan fingerprint density at radius 1 is 0.260 bits per heavy atom. The molecule has 0 saturated heterocycles. The van der Waals surface area contributed by atoms with Crippen molar-refractivity contribution in [1.82, 2.24) is 0 Å². The van der Waals surface area contributed by atoms with Gasteiger partial charge in [0.25, 0.3) is 0 Å². The summed E-state index contributed by atoms with van der Waals surface area (Å²) in [6.07, 6.45) is 0. The monoisotopic (exact) mass is 1010 g/mol. The van der Waals surface area contributed by atoms with Crippen LogP contribution < -0.4 is 0 Å². The van der Waals surface area contributed by atoms with Crippen LogP contribution in [-0.2, 0) is 34.1 Å². The van der Waals surface area contributed by atoms with E-state index in [0.29, 0.717) is 10.1 Å². The zero-order chi connectivity index (χ0) is 39.4. The zero-order valence-electron chi connectivity index (χ0n) is 39.4. The van der Waals surface area contributed by atoms with Gasteiger partial charge in [-0.1, -0.05) is 41.5 Å². The van der Waals surface area contributed by atoms with E-state index in [4.69, 9.17) is 0 Å². The van der Waals surface area contributed by atoms with E-state index >= 15 is 0 Å². The average molecular weight is 1010 g/mol. The first-order chi connectivity index (χ1) is 21.3. The Kier molecular flexibility index (Phi) is 46.6. The van der Waals surface area contributed by atoms with Crippen molar-refractivity contribution in [2.45, 2.75) is 51.6 Å². The topological polar surface area (TPSA) is 0 Å². The van der Waals surface area contributed by atoms with Crippen LogP contribution in [0.5, 0.6) is 0 Å². The van der Waals surface area contributed by atoms with Gasteiger partial charge >= 0.3 is 0 Å². The minimum Gasteiger partial charge on any atom is -0.0622 e. The van der Waals surface area contributed by atoms with Gasteiger partial charge in [-0.25, -0.2) is 0 Å². The summed E-state index contributed by atoms with van der Waals surface area (Å²) in [6.45, 7) is 64.9. The van der Waals surface area contributed by atoms with Gasteiger partial charge in [-0.3, -0.25) is 0 Å². The first-order valence-electron chi connectivity index (χ1n) is 19.2. The smallest absolute Gasteiger partial charge is 0.0622 e. The van der Waals surface area contributed by atoms with Gasteiger partial charge in [0.05, 0.1) is 34.7 Å². The summed E-state index contributed by atoms with van der Waals surface area (Å²) in [5.74, 6) is 13.1. The standard InChI is InChI=1S/2C13H33P3Si.2C5H14P2.2Fe/c2*1-13(2,3)17(10-14(4)5,11-15(6)7)12-16(8)9;2*1-6(2)5-7(3)4;;/h2*10-12H2,1-9H3;2*5H2,1-4H3;;/p+10. The molecule has 0 N–H and O–H groups in total. The molecule has 0 spiro atoms. The van der Waals surface area contributed by atoms with E-state index in [0.717, 1.165) is 0 Å². The van der Waals surface area contributed by atoms with Gasteiger partial charge in [-0.2, -0.15) is 0 Å². The van der Waals surface area contributed by atoms with Crippen LogP contribution in [0.4, 0.5) is 0 Å². The van der Waals surface area contributed by atoms with Crippen molar-refractivity contribution in [3.05, 3.63) is 0 Å². The predicted molar refractivity (Wildman–Crippen MR) is 292 cm³/mol. The van der Waals surface area contributed by atoms with Crippen LogP contribution in [0.1, 0.15) is 41.5 Å². The largest absolute Gasteiger partial charge is 0.185 e. The molecule has 0 rings (SSSR count). The molecule has 0 aliphatic carbocycles. The fourth-order valence-electron chi connectivity index (χ4n) is 7.44. The van der Waals surface area contributed by atoms with E-state index in [1.807, 2.05) is 0 Å². The van der Waals surface area contributed by atoms with Gasteiger partial charge < -0.3 is 0 Å². The third kappa shape index (κ3) is 39.2. The van der Waals surface area contributed by atoms with Gasteiger partial charge in [0.1, 0.15) is 0 Å². The molecule has 0 radical (unpaired) electrons. The number of hydrogen-bond donors (Lipinski definition) is 0. The van der Waals surface area contributed by atoms with Crippen LogP contribution in [0.15, 0.2) is 0 Å². The van der Waals surface area contributed by atoms with E-state index in [2.05, 4.69) is 175 Å². The molecule has 0 atom stereocenters. The van der Waals surface area contributed by atoms with E-state index in [1.54, 1.807) is 46.5 Å². The van der Waals surface area contributed by atoms with E-state index in [9.17, 15) is 0 Å². The molecular formula is C36H104Fe2P10Si2+10. The summed E-state index contributed by atoms with van der Waals surface area (Å²) in [5.41, 5.74) is 0. The van der Waals surface area contributed by atoms with Crippen LogP contribution in [0, 0.1) is 0 Å². The fraction of sp³-hybridized carbons (Fsp3) is 1.00. The first-order valence-corrected chi connectivity index (χ1v) is 51.5. The zero-order valence-corrected chi connectivity index (χ0v) is 53.6. The van der Waals surface area contributed by atoms with Crippen molar-refractivity contribution in [2.24, 2.45) is 0 Å². The molecular weight excluding hydrogens is 910 g/mol. The quantitative estimate of drug-likeness (QED) is 0.107. The first kappa shape index (κ1) is 67.5. The maximum atomic E-state index is 2.56. The molecule has 0 heterocycles. The molecule has 0 aromatic carbocycles. The van der Waals surface area contributed by atoms with Crippen molar-refractivity contribution in [3.63, 3.8) is 0 Å². The average Bonchev–Trinajstić information content (AvgIpc) is 2.74. The molecule has 0 bridgehead atoms. The Morgan fingerprint density at radius 2 is 0.380 bits per heavy atom. The molecule has 0 amide bonds. The molecule has 0 saturated carbocycles. The summed E-state index contributed by atoms with van der Waals surface area (Å²) < 4.78 is 0. The molecule has 0 aromatic heterocycles. The van der Waals surface area contributed by atoms with Crippen LogP contribution in [0.25, 0.3) is 0 Å². The van der Waals surface area contributed by atoms with E-state index in [-0.39, 0.29) is 113 Å². The van der Waals surface area contributed by atoms with Gasteiger partial charge in [0.15, 0.2) is 28.0 Å². The summed E-state index contributed by atoms with van der Waals surface area (Å²) in [6, 6.07) is 0. The Bertz CT molecular complexity index is 627. The molecule has 0 aromatic rings. The number of hydrogen-bond acceptors (Lipinski definition) is 0. The summed E-state index contributed by atoms with van der Waals surface area (Å²) in [5, 5.41) is 1.25. The van der Waals surface area contributed by atoms with Crippen LogP contribution >= 0.6 is 79.2 Å². The maximum absolute atomic E-state index is 2.56. The van der Waals surface area contributed by atoms with Gasteiger partial charge in [0.2, 0.25) is 0 Å². The SMILES string of the molecule is C[PH+](C)C[PH+](C)C.C[PH+](C)C[PH+](C)C.C[PH+](C)C[Si](C[PH+](C)C)(C[PH+](C)C)C(C)(C)C.C[PH+](C)C[Si](C[PH+](C)C)(C[PH+](C)C)C(C)(C)C.[Fe].[Fe]. The Hall–Kier alpha value is 5.77. The van der Waals surface area contributed by atoms with E-state index in [1.165, 1.54) is 0 Å². The van der Waals surface area contributed by atoms with Crippen molar-refractivity contribution < 1.29 is 34.1 Å². The van der Waals surface area contributed by atoms with Crippen molar-refractivity contribution in [1.29, 1.82) is 0 Å². The number of rotatable bonds is 16. The molecule has 0 nitrogen and oxygen atoms in total. The predicted octanol–water partition coefficient (Wildman–Crippen LogP) is 12.3. The van der Waals surface area contributed by atoms with E-state index < -0.39 is 16.1 Å². The third-order valence-corrected chi connectivity index (χ3v) is 59.6. The maximum Gasteiger partial charge on any atom is 0.185 e. The second kappa shape index (κ2) is 34.5. The third-order valence-electron chi connectivity index (χ3n) is 8.75. The Balaban J connectivity index is -0.000000137. The van der Waals surface area contributed by atoms with Crippen LogP contribution in [-0.4, -0.2) is 196 Å². The second-order valence-corrected chi connectivity index (χ2v) is 64.1. The summed E-state index contributed by atoms with van der Waals surface area (Å²) in [4.78, 5) is 0. The van der Waals surface area contributed by atoms with Gasteiger partial charge in [0, 0.05) is 199 Å². The van der Waals surface area contributed by atoms with Crippen molar-refractivity contribution in [3.8, 4) is 0 Å². The minimum absolute atomic E-state index is 0. The Morgan fingerprint density at radius 3 is 0.420 bits per heavy atom. The van der Waals surface area contributed by atoms with Crippen molar-refractivity contribution in [2.75, 3.05) is 180 Å². The van der Waals surface area contributed by atoms with Gasteiger partial charge in [-0.05, 0) is 57.6 Å². The summed E-state index contributed by atoms with van der Waals surface area (Å²) in [7, 11) is -2.07. The van der Waals surface area contributed by atoms with Gasteiger partial charge in [-0.15, -0.1) is 0 Å². The Labute approximate surface area is 357 Å². The molecule has 50 heavy (non-hydrogen) atoms. The second-order valence-electron chi connectivity index (χ2n) is 20.5. The van der Waals surface area contributed by atoms with Crippen LogP contribution in [0.2, 0.25) is 10.1 Å². The minimum atomic E-state index is -1.05. The molecule has 0 fully saturated rings. The van der Waals surface area contributed by atoms with Crippen molar-refractivity contribution >= 4 is 95.4 Å². The fourth-order valence-corrected chi connectivity index (χ4v) is 73.7. The normalized spacial score (nSPS) is 12.7. The summed E-state index contributed by atoms with van der Waals surface area (Å²) >= 11 is 0. The molecule has 312 valence electrons.